The fourth-order valence-corrected chi connectivity index (χ4v) is 4.55. The predicted octanol–water partition coefficient (Wildman–Crippen LogP) is 4.10. The average molecular weight is 441 g/mol. The highest BCUT2D eigenvalue weighted by Gasteiger charge is 2.16. The van der Waals surface area contributed by atoms with E-state index in [9.17, 15) is 4.79 Å². The van der Waals surface area contributed by atoms with E-state index in [0.717, 1.165) is 34.6 Å². The largest absolute Gasteiger partial charge is 0.497 e. The molecule has 0 saturated carbocycles. The van der Waals surface area contributed by atoms with Gasteiger partial charge in [0.25, 0.3) is 0 Å². The summed E-state index contributed by atoms with van der Waals surface area (Å²) in [6.45, 7) is 2.84. The quantitative estimate of drug-likeness (QED) is 0.412. The molecule has 1 aromatic carbocycles. The van der Waals surface area contributed by atoms with E-state index < -0.39 is 0 Å². The number of pyridine rings is 1. The molecule has 3 heterocycles. The SMILES string of the molecule is CCCn1c(SCC(=O)Nc2nc3ccc(OC)cc3s2)nnc1-c1ccccn1. The first kappa shape index (κ1) is 20.3. The van der Waals surface area contributed by atoms with Crippen molar-refractivity contribution in [3.8, 4) is 17.3 Å². The van der Waals surface area contributed by atoms with Crippen molar-refractivity contribution >= 4 is 44.4 Å². The van der Waals surface area contributed by atoms with Gasteiger partial charge in [-0.15, -0.1) is 10.2 Å². The molecular formula is C20H20N6O2S2. The Kier molecular flexibility index (Phi) is 6.24. The first-order valence-electron chi connectivity index (χ1n) is 9.39. The van der Waals surface area contributed by atoms with Crippen molar-refractivity contribution in [1.29, 1.82) is 0 Å². The molecule has 4 rings (SSSR count). The Labute approximate surface area is 181 Å². The van der Waals surface area contributed by atoms with E-state index in [1.165, 1.54) is 23.1 Å². The summed E-state index contributed by atoms with van der Waals surface area (Å²) in [5, 5.41) is 12.7. The number of ether oxygens (including phenoxy) is 1. The first-order valence-corrected chi connectivity index (χ1v) is 11.2. The summed E-state index contributed by atoms with van der Waals surface area (Å²) in [5.74, 6) is 1.54. The first-order chi connectivity index (χ1) is 14.7. The number of benzene rings is 1. The van der Waals surface area contributed by atoms with Gasteiger partial charge in [-0.3, -0.25) is 9.78 Å². The highest BCUT2D eigenvalue weighted by molar-refractivity contribution is 7.99. The van der Waals surface area contributed by atoms with Gasteiger partial charge in [-0.1, -0.05) is 36.1 Å². The third kappa shape index (κ3) is 4.44. The lowest BCUT2D eigenvalue weighted by molar-refractivity contribution is -0.113. The lowest BCUT2D eigenvalue weighted by Crippen LogP contribution is -2.14. The van der Waals surface area contributed by atoms with Crippen LogP contribution < -0.4 is 10.1 Å². The Morgan fingerprint density at radius 3 is 2.93 bits per heavy atom. The Morgan fingerprint density at radius 1 is 1.27 bits per heavy atom. The minimum Gasteiger partial charge on any atom is -0.497 e. The van der Waals surface area contributed by atoms with Gasteiger partial charge in [0.05, 0.1) is 23.1 Å². The number of thiazole rings is 1. The van der Waals surface area contributed by atoms with Gasteiger partial charge in [0.2, 0.25) is 5.91 Å². The highest BCUT2D eigenvalue weighted by atomic mass is 32.2. The average Bonchev–Trinajstić information content (AvgIpc) is 3.35. The summed E-state index contributed by atoms with van der Waals surface area (Å²) in [5.41, 5.74) is 1.59. The molecule has 8 nitrogen and oxygen atoms in total. The Morgan fingerprint density at radius 2 is 2.17 bits per heavy atom. The predicted molar refractivity (Wildman–Crippen MR) is 119 cm³/mol. The molecule has 0 radical (unpaired) electrons. The van der Waals surface area contributed by atoms with Crippen molar-refractivity contribution in [1.82, 2.24) is 24.7 Å². The van der Waals surface area contributed by atoms with E-state index in [-0.39, 0.29) is 11.7 Å². The monoisotopic (exact) mass is 440 g/mol. The van der Waals surface area contributed by atoms with Crippen molar-refractivity contribution in [3.63, 3.8) is 0 Å². The van der Waals surface area contributed by atoms with Gasteiger partial charge in [0.15, 0.2) is 16.1 Å². The molecule has 1 N–H and O–H groups in total. The summed E-state index contributed by atoms with van der Waals surface area (Å²) in [6, 6.07) is 11.3. The number of hydrogen-bond acceptors (Lipinski definition) is 8. The molecule has 0 unspecified atom stereocenters. The van der Waals surface area contributed by atoms with Crippen LogP contribution in [0, 0.1) is 0 Å². The zero-order chi connectivity index (χ0) is 20.9. The normalized spacial score (nSPS) is 11.0. The van der Waals surface area contributed by atoms with Gasteiger partial charge in [-0.2, -0.15) is 0 Å². The lowest BCUT2D eigenvalue weighted by Gasteiger charge is -2.08. The molecule has 0 spiro atoms. The second-order valence-electron chi connectivity index (χ2n) is 6.36. The molecule has 4 aromatic rings. The second kappa shape index (κ2) is 9.23. The lowest BCUT2D eigenvalue weighted by atomic mass is 10.3. The maximum atomic E-state index is 12.5. The number of methoxy groups -OCH3 is 1. The van der Waals surface area contributed by atoms with Crippen LogP contribution in [-0.4, -0.2) is 43.5 Å². The standard InChI is InChI=1S/C20H20N6O2S2/c1-3-10-26-18(15-6-4-5-9-21-15)24-25-20(26)29-12-17(27)23-19-22-14-8-7-13(28-2)11-16(14)30-19/h4-9,11H,3,10,12H2,1-2H3,(H,22,23,27). The van der Waals surface area contributed by atoms with Crippen LogP contribution in [0.3, 0.4) is 0 Å². The molecular weight excluding hydrogens is 420 g/mol. The van der Waals surface area contributed by atoms with Gasteiger partial charge >= 0.3 is 0 Å². The maximum absolute atomic E-state index is 12.5. The van der Waals surface area contributed by atoms with E-state index in [1.807, 2.05) is 41.0 Å². The molecule has 0 aliphatic carbocycles. The number of nitrogens with zero attached hydrogens (tertiary/aromatic N) is 5. The molecule has 10 heteroatoms. The number of amides is 1. The van der Waals surface area contributed by atoms with Gasteiger partial charge < -0.3 is 14.6 Å². The van der Waals surface area contributed by atoms with E-state index in [0.29, 0.717) is 16.1 Å². The van der Waals surface area contributed by atoms with Crippen LogP contribution in [0.1, 0.15) is 13.3 Å². The zero-order valence-electron chi connectivity index (χ0n) is 16.5. The third-order valence-corrected chi connectivity index (χ3v) is 6.13. The Balaban J connectivity index is 1.44. The van der Waals surface area contributed by atoms with Crippen LogP contribution in [0.2, 0.25) is 0 Å². The number of carbonyl (C=O) groups excluding carboxylic acids is 1. The highest BCUT2D eigenvalue weighted by Crippen LogP contribution is 2.29. The fourth-order valence-electron chi connectivity index (χ4n) is 2.88. The van der Waals surface area contributed by atoms with Crippen LogP contribution in [0.4, 0.5) is 5.13 Å². The minimum atomic E-state index is -0.142. The summed E-state index contributed by atoms with van der Waals surface area (Å²) >= 11 is 2.76. The smallest absolute Gasteiger partial charge is 0.236 e. The van der Waals surface area contributed by atoms with Crippen LogP contribution in [0.5, 0.6) is 5.75 Å². The van der Waals surface area contributed by atoms with E-state index >= 15 is 0 Å². The molecule has 0 aliphatic rings. The number of nitrogens with one attached hydrogen (secondary N) is 1. The van der Waals surface area contributed by atoms with Crippen molar-refractivity contribution < 1.29 is 9.53 Å². The van der Waals surface area contributed by atoms with Gasteiger partial charge in [0, 0.05) is 12.7 Å². The summed E-state index contributed by atoms with van der Waals surface area (Å²) in [6.07, 6.45) is 2.65. The Hall–Kier alpha value is -2.98. The van der Waals surface area contributed by atoms with E-state index in [2.05, 4.69) is 32.4 Å². The molecule has 0 atom stereocenters. The number of carbonyl (C=O) groups is 1. The van der Waals surface area contributed by atoms with Gasteiger partial charge in [0.1, 0.15) is 11.4 Å². The maximum Gasteiger partial charge on any atom is 0.236 e. The Bertz CT molecular complexity index is 1160. The van der Waals surface area contributed by atoms with Crippen LogP contribution in [-0.2, 0) is 11.3 Å². The molecule has 30 heavy (non-hydrogen) atoms. The van der Waals surface area contributed by atoms with Crippen LogP contribution in [0.25, 0.3) is 21.7 Å². The molecule has 3 aromatic heterocycles. The zero-order valence-corrected chi connectivity index (χ0v) is 18.2. The van der Waals surface area contributed by atoms with Crippen molar-refractivity contribution in [2.24, 2.45) is 0 Å². The van der Waals surface area contributed by atoms with Crippen molar-refractivity contribution in [2.45, 2.75) is 25.0 Å². The number of thioether (sulfide) groups is 1. The van der Waals surface area contributed by atoms with E-state index in [4.69, 9.17) is 4.74 Å². The van der Waals surface area contributed by atoms with Crippen molar-refractivity contribution in [2.75, 3.05) is 18.2 Å². The summed E-state index contributed by atoms with van der Waals surface area (Å²) in [4.78, 5) is 21.3. The molecule has 0 aliphatic heterocycles. The van der Waals surface area contributed by atoms with Gasteiger partial charge in [-0.25, -0.2) is 4.98 Å². The third-order valence-electron chi connectivity index (χ3n) is 4.23. The number of fused-ring (bicyclic) bond motifs is 1. The van der Waals surface area contributed by atoms with Crippen LogP contribution in [0.15, 0.2) is 47.8 Å². The topological polar surface area (TPSA) is 94.8 Å². The van der Waals surface area contributed by atoms with Crippen LogP contribution >= 0.6 is 23.1 Å². The molecule has 0 bridgehead atoms. The summed E-state index contributed by atoms with van der Waals surface area (Å²) in [7, 11) is 1.62. The second-order valence-corrected chi connectivity index (χ2v) is 8.34. The summed E-state index contributed by atoms with van der Waals surface area (Å²) < 4.78 is 8.20. The van der Waals surface area contributed by atoms with Crippen molar-refractivity contribution in [3.05, 3.63) is 42.6 Å². The fraction of sp³-hybridized carbons (Fsp3) is 0.250. The minimum absolute atomic E-state index is 0.142. The van der Waals surface area contributed by atoms with E-state index in [1.54, 1.807) is 13.3 Å². The number of aromatic nitrogens is 5. The number of hydrogen-bond donors (Lipinski definition) is 1. The molecule has 1 amide bonds. The van der Waals surface area contributed by atoms with Gasteiger partial charge in [-0.05, 0) is 36.8 Å². The number of rotatable bonds is 8. The number of anilines is 1. The molecule has 0 saturated heterocycles. The molecule has 154 valence electrons. The molecule has 0 fully saturated rings.